The molecule has 3 amide bonds. The molecule has 5 rings (SSSR count). The molecule has 5 aliphatic rings. The van der Waals surface area contributed by atoms with Crippen molar-refractivity contribution in [1.82, 2.24) is 24.5 Å². The molecular formula is C72H133N5O10. The summed E-state index contributed by atoms with van der Waals surface area (Å²) in [7, 11) is 0. The van der Waals surface area contributed by atoms with Gasteiger partial charge in [-0.3, -0.25) is 14.4 Å². The summed E-state index contributed by atoms with van der Waals surface area (Å²) in [4.78, 5) is 66.9. The van der Waals surface area contributed by atoms with Crippen molar-refractivity contribution >= 4 is 29.6 Å². The van der Waals surface area contributed by atoms with Crippen molar-refractivity contribution in [2.75, 3.05) is 132 Å². The van der Waals surface area contributed by atoms with Gasteiger partial charge in [-0.05, 0) is 51.0 Å². The molecular weight excluding hydrogens is 1090 g/mol. The van der Waals surface area contributed by atoms with E-state index in [1.54, 1.807) is 0 Å². The maximum atomic E-state index is 12.0. The van der Waals surface area contributed by atoms with Crippen LogP contribution in [-0.2, 0) is 47.7 Å². The highest BCUT2D eigenvalue weighted by Gasteiger charge is 2.19. The van der Waals surface area contributed by atoms with E-state index >= 15 is 0 Å². The van der Waals surface area contributed by atoms with Gasteiger partial charge < -0.3 is 48.2 Å². The Morgan fingerprint density at radius 3 is 0.862 bits per heavy atom. The fourth-order valence-corrected chi connectivity index (χ4v) is 11.0. The molecule has 506 valence electrons. The van der Waals surface area contributed by atoms with Crippen LogP contribution in [0.3, 0.4) is 0 Å². The van der Waals surface area contributed by atoms with E-state index in [-0.39, 0.29) is 0 Å². The van der Waals surface area contributed by atoms with E-state index in [1.807, 2.05) is 31.6 Å². The molecule has 0 saturated carbocycles. The van der Waals surface area contributed by atoms with Gasteiger partial charge in [-0.25, -0.2) is 9.59 Å². The quantitative estimate of drug-likeness (QED) is 0.0326. The second kappa shape index (κ2) is 62.6. The second-order valence-electron chi connectivity index (χ2n) is 24.3. The molecule has 0 bridgehead atoms. The summed E-state index contributed by atoms with van der Waals surface area (Å²) < 4.78 is 26.2. The molecule has 0 aromatic rings. The number of unbranched alkanes of at least 4 members (excludes halogenated alkanes) is 29. The number of amides is 3. The average molecular weight is 1230 g/mol. The molecule has 0 unspecified atom stereocenters. The first-order valence-electron chi connectivity index (χ1n) is 36.2. The largest absolute Gasteiger partial charge is 0.378 e. The number of morpholine rings is 5. The van der Waals surface area contributed by atoms with Crippen molar-refractivity contribution in [3.8, 4) is 0 Å². The van der Waals surface area contributed by atoms with Gasteiger partial charge in [0.25, 0.3) is 0 Å². The number of carbonyl (C=O) groups excluding carboxylic acids is 5. The van der Waals surface area contributed by atoms with Gasteiger partial charge in [0, 0.05) is 84.7 Å². The molecule has 0 aromatic heterocycles. The third kappa shape index (κ3) is 48.0. The lowest BCUT2D eigenvalue weighted by Crippen LogP contribution is -2.40. The van der Waals surface area contributed by atoms with Crippen LogP contribution in [0.5, 0.6) is 0 Å². The molecule has 0 N–H and O–H groups in total. The van der Waals surface area contributed by atoms with Crippen LogP contribution in [-0.4, -0.2) is 186 Å². The van der Waals surface area contributed by atoms with Gasteiger partial charge in [0.15, 0.2) is 0 Å². The molecule has 15 nitrogen and oxygen atoms in total. The van der Waals surface area contributed by atoms with Gasteiger partial charge in [0.05, 0.1) is 71.8 Å². The number of hydrogen-bond donors (Lipinski definition) is 0. The predicted molar refractivity (Wildman–Crippen MR) is 358 cm³/mol. The summed E-state index contributed by atoms with van der Waals surface area (Å²) in [6.45, 7) is 26.2. The summed E-state index contributed by atoms with van der Waals surface area (Å²) in [5.41, 5.74) is 1.52. The van der Waals surface area contributed by atoms with E-state index in [0.29, 0.717) is 82.7 Å². The Balaban J connectivity index is 0.000000558. The number of rotatable bonds is 41. The summed E-state index contributed by atoms with van der Waals surface area (Å²) in [5, 5.41) is 0. The molecule has 5 heterocycles. The monoisotopic (exact) mass is 1230 g/mol. The number of hydrogen-bond acceptors (Lipinski definition) is 12. The zero-order valence-electron chi connectivity index (χ0n) is 57.0. The van der Waals surface area contributed by atoms with Crippen molar-refractivity contribution in [2.24, 2.45) is 0 Å². The highest BCUT2D eigenvalue weighted by Crippen LogP contribution is 2.18. The summed E-state index contributed by atoms with van der Waals surface area (Å²) >= 11 is 0. The average Bonchev–Trinajstić information content (AvgIpc) is 3.59. The molecule has 0 aromatic carbocycles. The van der Waals surface area contributed by atoms with Crippen molar-refractivity contribution in [1.29, 1.82) is 0 Å². The van der Waals surface area contributed by atoms with Crippen LogP contribution in [0.1, 0.15) is 279 Å². The number of ether oxygens (including phenoxy) is 5. The maximum absolute atomic E-state index is 12.0. The lowest BCUT2D eigenvalue weighted by Gasteiger charge is -2.28. The van der Waals surface area contributed by atoms with Gasteiger partial charge in [-0.2, -0.15) is 0 Å². The van der Waals surface area contributed by atoms with Crippen molar-refractivity contribution < 1.29 is 47.7 Å². The Bertz CT molecular complexity index is 1710. The van der Waals surface area contributed by atoms with Crippen LogP contribution in [0.4, 0.5) is 0 Å². The molecule has 0 aliphatic carbocycles. The third-order valence-electron chi connectivity index (χ3n) is 16.8. The molecule has 0 atom stereocenters. The van der Waals surface area contributed by atoms with E-state index < -0.39 is 0 Å². The minimum absolute atomic E-state index is 0.292. The van der Waals surface area contributed by atoms with Crippen molar-refractivity contribution in [3.63, 3.8) is 0 Å². The van der Waals surface area contributed by atoms with Crippen LogP contribution < -0.4 is 0 Å². The standard InChI is InChI=1S/C23H45NO2.C15H27NO2.C14H23NO2.C11H21NO2.C9H17NO2/c1-2-3-4-5-6-7-8-9-10-11-12-13-14-15-16-17-18-23(25)24-19-21-26-22-20-24;1-2-3-4-5-6-7-8-9-15(14-17)16-10-12-18-13-11-16;1-2-3-4-5-6-7-8-14(13-16)15-9-11-17-12-10-15;1-2-3-4-5-6-11(13)12-7-9-14-10-8-12;1-2-3-4-9(11)10-5-7-12-8-6-10/h2-22H2,1H3;2-13H2,1H3;7-8H,2-6,9-12H2,1H3;2-10H2,1H3;2-8H2,1H3. The first-order chi connectivity index (χ1) is 42.8. The van der Waals surface area contributed by atoms with E-state index in [9.17, 15) is 24.0 Å². The van der Waals surface area contributed by atoms with Gasteiger partial charge in [-0.15, -0.1) is 0 Å². The SMILES string of the molecule is CCCCC(=O)N1CCOCC1.CCCCCCC(=O)N1CCOCC1.CCCCCCC=CC(=C=O)N1CCOCC1.CCCCCCCCCC(=C=O)N1CCOCC1.CCCCCCCCCCCCCCCCCCC(=O)N1CCOCC1. The lowest BCUT2D eigenvalue weighted by molar-refractivity contribution is -0.136. The number of nitrogens with zero attached hydrogens (tertiary/aromatic N) is 5. The topological polar surface area (TPSA) is 148 Å². The summed E-state index contributed by atoms with van der Waals surface area (Å²) in [6.07, 6.45) is 51.0. The molecule has 5 aliphatic heterocycles. The van der Waals surface area contributed by atoms with Gasteiger partial charge in [0.1, 0.15) is 17.6 Å². The molecule has 0 radical (unpaired) electrons. The highest BCUT2D eigenvalue weighted by atomic mass is 16.5. The number of carbonyl (C=O) groups is 3. The van der Waals surface area contributed by atoms with Crippen LogP contribution in [0.15, 0.2) is 23.5 Å². The molecule has 15 heteroatoms. The minimum Gasteiger partial charge on any atom is -0.378 e. The first kappa shape index (κ1) is 81.5. The smallest absolute Gasteiger partial charge is 0.222 e. The Hall–Kier alpha value is -3.55. The minimum atomic E-state index is 0.292. The van der Waals surface area contributed by atoms with Gasteiger partial charge >= 0.3 is 0 Å². The van der Waals surface area contributed by atoms with Crippen LogP contribution in [0.25, 0.3) is 0 Å². The van der Waals surface area contributed by atoms with Crippen molar-refractivity contribution in [2.45, 2.75) is 279 Å². The van der Waals surface area contributed by atoms with Crippen LogP contribution in [0, 0.1) is 0 Å². The first-order valence-corrected chi connectivity index (χ1v) is 36.2. The second-order valence-corrected chi connectivity index (χ2v) is 24.3. The number of allylic oxidation sites excluding steroid dienone is 3. The highest BCUT2D eigenvalue weighted by molar-refractivity contribution is 5.77. The molecule has 0 spiro atoms. The van der Waals surface area contributed by atoms with E-state index in [1.165, 1.54) is 180 Å². The molecule has 5 saturated heterocycles. The Morgan fingerprint density at radius 1 is 0.299 bits per heavy atom. The van der Waals surface area contributed by atoms with Gasteiger partial charge in [-0.1, -0.05) is 220 Å². The summed E-state index contributed by atoms with van der Waals surface area (Å²) in [5.74, 6) is 5.08. The van der Waals surface area contributed by atoms with Crippen molar-refractivity contribution in [3.05, 3.63) is 23.5 Å². The Morgan fingerprint density at radius 2 is 0.552 bits per heavy atom. The lowest BCUT2D eigenvalue weighted by atomic mass is 10.0. The summed E-state index contributed by atoms with van der Waals surface area (Å²) in [6, 6.07) is 0. The van der Waals surface area contributed by atoms with Gasteiger partial charge in [0.2, 0.25) is 17.7 Å². The fraction of sp³-hybridized carbons (Fsp3) is 0.875. The predicted octanol–water partition coefficient (Wildman–Crippen LogP) is 15.1. The maximum Gasteiger partial charge on any atom is 0.222 e. The Kier molecular flexibility index (Phi) is 58.6. The zero-order chi connectivity index (χ0) is 63.1. The van der Waals surface area contributed by atoms with Crippen LogP contribution in [0.2, 0.25) is 0 Å². The third-order valence-corrected chi connectivity index (χ3v) is 16.8. The fourth-order valence-electron chi connectivity index (χ4n) is 11.0. The molecule has 5 fully saturated rings. The zero-order valence-corrected chi connectivity index (χ0v) is 57.0. The van der Waals surface area contributed by atoms with E-state index in [4.69, 9.17) is 23.7 Å². The Labute approximate surface area is 533 Å². The van der Waals surface area contributed by atoms with Crippen LogP contribution >= 0.6 is 0 Å². The van der Waals surface area contributed by atoms with E-state index in [2.05, 4.69) is 51.5 Å². The van der Waals surface area contributed by atoms with E-state index in [0.717, 1.165) is 142 Å². The molecule has 87 heavy (non-hydrogen) atoms. The normalized spacial score (nSPS) is 16.0.